The summed E-state index contributed by atoms with van der Waals surface area (Å²) in [5, 5.41) is 2.99. The first-order chi connectivity index (χ1) is 8.64. The van der Waals surface area contributed by atoms with Crippen molar-refractivity contribution in [3.63, 3.8) is 0 Å². The van der Waals surface area contributed by atoms with Gasteiger partial charge in [-0.3, -0.25) is 9.78 Å². The first-order valence-electron chi connectivity index (χ1n) is 6.32. The topological polar surface area (TPSA) is 71.2 Å². The maximum absolute atomic E-state index is 12.4. The van der Waals surface area contributed by atoms with Crippen molar-refractivity contribution in [1.29, 1.82) is 0 Å². The van der Waals surface area contributed by atoms with Crippen LogP contribution in [0.25, 0.3) is 0 Å². The van der Waals surface area contributed by atoms with Crippen LogP contribution in [0.5, 0.6) is 0 Å². The normalized spacial score (nSPS) is 24.3. The van der Waals surface area contributed by atoms with E-state index in [4.69, 9.17) is 5.73 Å². The average molecular weight is 246 g/mol. The molecule has 1 aromatic heterocycles. The molecule has 1 saturated heterocycles. The van der Waals surface area contributed by atoms with Gasteiger partial charge in [-0.05, 0) is 18.9 Å². The summed E-state index contributed by atoms with van der Waals surface area (Å²) in [4.78, 5) is 18.3. The summed E-state index contributed by atoms with van der Waals surface area (Å²) in [5.41, 5.74) is 7.82. The molecule has 5 heteroatoms. The maximum atomic E-state index is 12.4. The van der Waals surface area contributed by atoms with Crippen molar-refractivity contribution < 1.29 is 4.79 Å². The highest BCUT2D eigenvalue weighted by molar-refractivity contribution is 5.95. The third-order valence-electron chi connectivity index (χ3n) is 4.16. The van der Waals surface area contributed by atoms with Crippen LogP contribution >= 0.6 is 0 Å². The molecule has 5 nitrogen and oxygen atoms in total. The number of nitrogens with zero attached hydrogens (tertiary/aromatic N) is 2. The molecule has 1 aliphatic carbocycles. The zero-order chi connectivity index (χ0) is 12.8. The number of pyridine rings is 1. The molecule has 0 aromatic carbocycles. The lowest BCUT2D eigenvalue weighted by atomic mass is 10.0. The van der Waals surface area contributed by atoms with E-state index in [2.05, 4.69) is 10.3 Å². The van der Waals surface area contributed by atoms with Gasteiger partial charge in [-0.1, -0.05) is 0 Å². The minimum Gasteiger partial charge on any atom is -0.387 e. The number of hydrogen-bond acceptors (Lipinski definition) is 4. The van der Waals surface area contributed by atoms with Gasteiger partial charge in [0.15, 0.2) is 0 Å². The minimum atomic E-state index is 0.0406. The van der Waals surface area contributed by atoms with Crippen LogP contribution in [0.15, 0.2) is 18.5 Å². The minimum absolute atomic E-state index is 0.0406. The monoisotopic (exact) mass is 246 g/mol. The van der Waals surface area contributed by atoms with Crippen molar-refractivity contribution in [3.05, 3.63) is 24.0 Å². The number of amides is 1. The second-order valence-corrected chi connectivity index (χ2v) is 5.37. The molecule has 2 heterocycles. The standard InChI is InChI=1S/C13H18N4O/c1-15-10-4-9(5-16-6-10)12(18)17-7-11(14)13(8-17)2-3-13/h4-6,11,15H,2-3,7-8,14H2,1H3/t11-/m0/s1. The maximum Gasteiger partial charge on any atom is 0.255 e. The molecule has 1 aromatic rings. The Morgan fingerprint density at radius 1 is 1.56 bits per heavy atom. The van der Waals surface area contributed by atoms with Gasteiger partial charge in [0.25, 0.3) is 5.91 Å². The molecule has 3 N–H and O–H groups in total. The van der Waals surface area contributed by atoms with Crippen molar-refractivity contribution in [2.75, 3.05) is 25.5 Å². The Morgan fingerprint density at radius 2 is 2.33 bits per heavy atom. The van der Waals surface area contributed by atoms with Crippen molar-refractivity contribution in [2.24, 2.45) is 11.1 Å². The van der Waals surface area contributed by atoms with Crippen molar-refractivity contribution in [2.45, 2.75) is 18.9 Å². The number of anilines is 1. The summed E-state index contributed by atoms with van der Waals surface area (Å²) in [6.45, 7) is 1.47. The highest BCUT2D eigenvalue weighted by Gasteiger charge is 2.54. The number of rotatable bonds is 2. The summed E-state index contributed by atoms with van der Waals surface area (Å²) < 4.78 is 0. The van der Waals surface area contributed by atoms with Crippen LogP contribution in [0.1, 0.15) is 23.2 Å². The third-order valence-corrected chi connectivity index (χ3v) is 4.16. The number of hydrogen-bond donors (Lipinski definition) is 2. The summed E-state index contributed by atoms with van der Waals surface area (Å²) in [7, 11) is 1.82. The van der Waals surface area contributed by atoms with Gasteiger partial charge in [-0.2, -0.15) is 0 Å². The summed E-state index contributed by atoms with van der Waals surface area (Å²) in [6, 6.07) is 1.97. The van der Waals surface area contributed by atoms with E-state index < -0.39 is 0 Å². The van der Waals surface area contributed by atoms with Crippen LogP contribution in [-0.4, -0.2) is 42.0 Å². The van der Waals surface area contributed by atoms with E-state index in [1.54, 1.807) is 12.4 Å². The Labute approximate surface area is 106 Å². The van der Waals surface area contributed by atoms with E-state index >= 15 is 0 Å². The Bertz CT molecular complexity index is 484. The second-order valence-electron chi connectivity index (χ2n) is 5.37. The SMILES string of the molecule is CNc1cncc(C(=O)N2C[C@H](N)C3(CC3)C2)c1. The predicted molar refractivity (Wildman–Crippen MR) is 69.3 cm³/mol. The molecule has 3 rings (SSSR count). The average Bonchev–Trinajstić information content (AvgIpc) is 3.10. The number of aromatic nitrogens is 1. The molecule has 0 unspecified atom stereocenters. The number of carbonyl (C=O) groups is 1. The number of likely N-dealkylation sites (tertiary alicyclic amines) is 1. The van der Waals surface area contributed by atoms with Crippen LogP contribution in [0, 0.1) is 5.41 Å². The van der Waals surface area contributed by atoms with Crippen LogP contribution in [0.2, 0.25) is 0 Å². The highest BCUT2D eigenvalue weighted by Crippen LogP contribution is 2.52. The molecule has 1 spiro atoms. The van der Waals surface area contributed by atoms with E-state index in [0.29, 0.717) is 12.1 Å². The Hall–Kier alpha value is -1.62. The summed E-state index contributed by atoms with van der Waals surface area (Å²) >= 11 is 0. The van der Waals surface area contributed by atoms with Gasteiger partial charge >= 0.3 is 0 Å². The number of carbonyl (C=O) groups excluding carboxylic acids is 1. The molecule has 0 bridgehead atoms. The van der Waals surface area contributed by atoms with Gasteiger partial charge in [0, 0.05) is 44.0 Å². The molecule has 1 saturated carbocycles. The first kappa shape index (κ1) is 11.5. The van der Waals surface area contributed by atoms with E-state index in [1.165, 1.54) is 0 Å². The molecule has 1 atom stereocenters. The fraction of sp³-hybridized carbons (Fsp3) is 0.538. The molecule has 2 fully saturated rings. The van der Waals surface area contributed by atoms with E-state index in [9.17, 15) is 4.79 Å². The zero-order valence-electron chi connectivity index (χ0n) is 10.5. The van der Waals surface area contributed by atoms with Gasteiger partial charge in [-0.25, -0.2) is 0 Å². The Morgan fingerprint density at radius 3 is 2.94 bits per heavy atom. The predicted octanol–water partition coefficient (Wildman–Crippen LogP) is 0.687. The molecule has 1 aliphatic heterocycles. The van der Waals surface area contributed by atoms with E-state index in [0.717, 1.165) is 25.1 Å². The number of nitrogens with one attached hydrogen (secondary N) is 1. The number of nitrogens with two attached hydrogens (primary N) is 1. The van der Waals surface area contributed by atoms with Gasteiger partial charge in [-0.15, -0.1) is 0 Å². The smallest absolute Gasteiger partial charge is 0.255 e. The molecule has 96 valence electrons. The molecular formula is C13H18N4O. The third kappa shape index (κ3) is 1.75. The van der Waals surface area contributed by atoms with Gasteiger partial charge in [0.05, 0.1) is 11.3 Å². The molecular weight excluding hydrogens is 228 g/mol. The lowest BCUT2D eigenvalue weighted by Crippen LogP contribution is -2.32. The fourth-order valence-corrected chi connectivity index (χ4v) is 2.71. The summed E-state index contributed by atoms with van der Waals surface area (Å²) in [5.74, 6) is 0.0406. The van der Waals surface area contributed by atoms with Crippen LogP contribution in [0.3, 0.4) is 0 Å². The van der Waals surface area contributed by atoms with Crippen molar-refractivity contribution in [3.8, 4) is 0 Å². The zero-order valence-corrected chi connectivity index (χ0v) is 10.5. The summed E-state index contributed by atoms with van der Waals surface area (Å²) in [6.07, 6.45) is 5.64. The van der Waals surface area contributed by atoms with E-state index in [1.807, 2.05) is 18.0 Å². The largest absolute Gasteiger partial charge is 0.387 e. The van der Waals surface area contributed by atoms with Crippen LogP contribution in [-0.2, 0) is 0 Å². The van der Waals surface area contributed by atoms with Crippen LogP contribution < -0.4 is 11.1 Å². The molecule has 1 amide bonds. The van der Waals surface area contributed by atoms with Crippen LogP contribution in [0.4, 0.5) is 5.69 Å². The Kier molecular flexibility index (Phi) is 2.52. The first-order valence-corrected chi connectivity index (χ1v) is 6.32. The van der Waals surface area contributed by atoms with Crippen molar-refractivity contribution >= 4 is 11.6 Å². The van der Waals surface area contributed by atoms with Gasteiger partial charge < -0.3 is 16.0 Å². The van der Waals surface area contributed by atoms with Gasteiger partial charge in [0.2, 0.25) is 0 Å². The lowest BCUT2D eigenvalue weighted by Gasteiger charge is -2.16. The lowest BCUT2D eigenvalue weighted by molar-refractivity contribution is 0.0784. The quantitative estimate of drug-likeness (QED) is 0.805. The van der Waals surface area contributed by atoms with Crippen molar-refractivity contribution in [1.82, 2.24) is 9.88 Å². The molecule has 2 aliphatic rings. The van der Waals surface area contributed by atoms with Gasteiger partial charge in [0.1, 0.15) is 0 Å². The fourth-order valence-electron chi connectivity index (χ4n) is 2.71. The van der Waals surface area contributed by atoms with E-state index in [-0.39, 0.29) is 17.4 Å². The molecule has 18 heavy (non-hydrogen) atoms. The molecule has 0 radical (unpaired) electrons. The Balaban J connectivity index is 1.78. The second kappa shape index (κ2) is 3.95. The highest BCUT2D eigenvalue weighted by atomic mass is 16.2.